The number of halogens is 2. The SMILES string of the molecule is Cc1ccc(F)c(C(=O)NC2CCCc3ccc(C(=O)N(C)C4CCN(c5ccncc5)CC4)cc32)c1Cl. The van der Waals surface area contributed by atoms with E-state index in [4.69, 9.17) is 11.6 Å². The van der Waals surface area contributed by atoms with Gasteiger partial charge < -0.3 is 15.1 Å². The number of carbonyl (C=O) groups excluding carboxylic acids is 2. The lowest BCUT2D eigenvalue weighted by Crippen LogP contribution is -2.45. The van der Waals surface area contributed by atoms with E-state index < -0.39 is 11.7 Å². The molecule has 1 saturated heterocycles. The highest BCUT2D eigenvalue weighted by molar-refractivity contribution is 6.34. The maximum atomic E-state index is 14.5. The summed E-state index contributed by atoms with van der Waals surface area (Å²) in [5.74, 6) is -1.21. The highest BCUT2D eigenvalue weighted by Gasteiger charge is 2.29. The lowest BCUT2D eigenvalue weighted by atomic mass is 9.86. The average Bonchev–Trinajstić information content (AvgIpc) is 2.95. The zero-order chi connectivity index (χ0) is 26.8. The lowest BCUT2D eigenvalue weighted by Gasteiger charge is -2.38. The molecule has 1 aliphatic heterocycles. The number of nitrogens with one attached hydrogen (secondary N) is 1. The lowest BCUT2D eigenvalue weighted by molar-refractivity contribution is 0.0709. The number of amides is 2. The van der Waals surface area contributed by atoms with Crippen LogP contribution in [0.4, 0.5) is 10.1 Å². The molecule has 1 atom stereocenters. The molecule has 0 radical (unpaired) electrons. The molecule has 3 aromatic rings. The van der Waals surface area contributed by atoms with Crippen LogP contribution in [0.3, 0.4) is 0 Å². The van der Waals surface area contributed by atoms with Gasteiger partial charge in [0.25, 0.3) is 11.8 Å². The molecule has 1 aromatic heterocycles. The van der Waals surface area contributed by atoms with Crippen molar-refractivity contribution in [3.05, 3.63) is 93.5 Å². The van der Waals surface area contributed by atoms with Crippen molar-refractivity contribution in [3.63, 3.8) is 0 Å². The molecule has 5 rings (SSSR count). The minimum Gasteiger partial charge on any atom is -0.371 e. The Hall–Kier alpha value is -3.45. The van der Waals surface area contributed by atoms with Gasteiger partial charge >= 0.3 is 0 Å². The quantitative estimate of drug-likeness (QED) is 0.454. The predicted molar refractivity (Wildman–Crippen MR) is 147 cm³/mol. The van der Waals surface area contributed by atoms with Gasteiger partial charge in [-0.15, -0.1) is 0 Å². The normalized spacial score (nSPS) is 17.6. The molecule has 2 aromatic carbocycles. The number of anilines is 1. The minimum atomic E-state index is -0.644. The van der Waals surface area contributed by atoms with Gasteiger partial charge in [0.15, 0.2) is 0 Å². The van der Waals surface area contributed by atoms with E-state index in [1.165, 1.54) is 6.07 Å². The fourth-order valence-corrected chi connectivity index (χ4v) is 5.85. The second-order valence-electron chi connectivity index (χ2n) is 10.2. The molecule has 2 heterocycles. The Kier molecular flexibility index (Phi) is 7.65. The molecule has 8 heteroatoms. The van der Waals surface area contributed by atoms with Crippen molar-refractivity contribution in [2.24, 2.45) is 0 Å². The largest absolute Gasteiger partial charge is 0.371 e. The zero-order valence-electron chi connectivity index (χ0n) is 21.7. The molecule has 1 N–H and O–H groups in total. The average molecular weight is 535 g/mol. The number of benzene rings is 2. The van der Waals surface area contributed by atoms with Crippen LogP contribution >= 0.6 is 11.6 Å². The summed E-state index contributed by atoms with van der Waals surface area (Å²) < 4.78 is 14.5. The van der Waals surface area contributed by atoms with E-state index in [0.29, 0.717) is 17.5 Å². The van der Waals surface area contributed by atoms with Gasteiger partial charge in [-0.05, 0) is 86.1 Å². The first-order valence-corrected chi connectivity index (χ1v) is 13.5. The first-order chi connectivity index (χ1) is 18.3. The summed E-state index contributed by atoms with van der Waals surface area (Å²) in [5.41, 5.74) is 4.28. The van der Waals surface area contributed by atoms with E-state index >= 15 is 0 Å². The van der Waals surface area contributed by atoms with Gasteiger partial charge in [-0.2, -0.15) is 0 Å². The number of rotatable bonds is 5. The van der Waals surface area contributed by atoms with Crippen LogP contribution in [0.1, 0.15) is 69.1 Å². The van der Waals surface area contributed by atoms with E-state index in [-0.39, 0.29) is 28.6 Å². The van der Waals surface area contributed by atoms with Gasteiger partial charge in [0, 0.05) is 49.8 Å². The first kappa shape index (κ1) is 26.2. The van der Waals surface area contributed by atoms with Gasteiger partial charge in [-0.3, -0.25) is 14.6 Å². The zero-order valence-corrected chi connectivity index (χ0v) is 22.5. The third kappa shape index (κ3) is 5.25. The predicted octanol–water partition coefficient (Wildman–Crippen LogP) is 5.73. The highest BCUT2D eigenvalue weighted by atomic mass is 35.5. The van der Waals surface area contributed by atoms with Crippen LogP contribution in [0, 0.1) is 12.7 Å². The van der Waals surface area contributed by atoms with Crippen molar-refractivity contribution in [2.75, 3.05) is 25.0 Å². The van der Waals surface area contributed by atoms with Crippen LogP contribution in [0.5, 0.6) is 0 Å². The van der Waals surface area contributed by atoms with E-state index in [1.807, 2.05) is 42.3 Å². The molecule has 0 bridgehead atoms. The smallest absolute Gasteiger partial charge is 0.256 e. The Labute approximate surface area is 227 Å². The summed E-state index contributed by atoms with van der Waals surface area (Å²) in [6.45, 7) is 3.50. The number of nitrogens with zero attached hydrogens (tertiary/aromatic N) is 3. The van der Waals surface area contributed by atoms with E-state index in [1.54, 1.807) is 25.4 Å². The Morgan fingerprint density at radius 1 is 1.08 bits per heavy atom. The number of aromatic nitrogens is 1. The molecule has 1 fully saturated rings. The molecule has 38 heavy (non-hydrogen) atoms. The standard InChI is InChI=1S/C30H32ClFN4O2/c1-19-6-9-25(32)27(28(19)31)29(37)34-26-5-3-4-20-7-8-21(18-24(20)26)30(38)35(2)22-12-16-36(17-13-22)23-10-14-33-15-11-23/h6-11,14-15,18,22,26H,3-5,12-13,16-17H2,1-2H3,(H,34,37). The molecule has 1 unspecified atom stereocenters. The third-order valence-electron chi connectivity index (χ3n) is 7.88. The number of aryl methyl sites for hydroxylation is 2. The monoisotopic (exact) mass is 534 g/mol. The molecular weight excluding hydrogens is 503 g/mol. The minimum absolute atomic E-state index is 0.0291. The molecule has 1 aliphatic carbocycles. The van der Waals surface area contributed by atoms with Gasteiger partial charge in [0.2, 0.25) is 0 Å². The molecule has 6 nitrogen and oxygen atoms in total. The highest BCUT2D eigenvalue weighted by Crippen LogP contribution is 2.33. The van der Waals surface area contributed by atoms with E-state index in [0.717, 1.165) is 55.6 Å². The van der Waals surface area contributed by atoms with Crippen molar-refractivity contribution in [2.45, 2.75) is 51.1 Å². The van der Waals surface area contributed by atoms with Crippen LogP contribution in [-0.2, 0) is 6.42 Å². The number of hydrogen-bond donors (Lipinski definition) is 1. The Balaban J connectivity index is 1.30. The fraction of sp³-hybridized carbons (Fsp3) is 0.367. The Morgan fingerprint density at radius 2 is 1.82 bits per heavy atom. The van der Waals surface area contributed by atoms with Crippen LogP contribution in [0.15, 0.2) is 54.9 Å². The third-order valence-corrected chi connectivity index (χ3v) is 8.37. The van der Waals surface area contributed by atoms with Gasteiger partial charge in [0.1, 0.15) is 5.82 Å². The topological polar surface area (TPSA) is 65.5 Å². The molecule has 198 valence electrons. The Morgan fingerprint density at radius 3 is 2.55 bits per heavy atom. The summed E-state index contributed by atoms with van der Waals surface area (Å²) in [6, 6.07) is 12.4. The number of hydrogen-bond acceptors (Lipinski definition) is 4. The molecule has 0 saturated carbocycles. The molecule has 0 spiro atoms. The first-order valence-electron chi connectivity index (χ1n) is 13.1. The van der Waals surface area contributed by atoms with Crippen molar-refractivity contribution in [1.29, 1.82) is 0 Å². The molecule has 2 aliphatic rings. The Bertz CT molecular complexity index is 1340. The maximum Gasteiger partial charge on any atom is 0.256 e. The summed E-state index contributed by atoms with van der Waals surface area (Å²) in [7, 11) is 1.87. The summed E-state index contributed by atoms with van der Waals surface area (Å²) >= 11 is 6.27. The number of fused-ring (bicyclic) bond motifs is 1. The summed E-state index contributed by atoms with van der Waals surface area (Å²) in [4.78, 5) is 34.8. The van der Waals surface area contributed by atoms with E-state index in [2.05, 4.69) is 15.2 Å². The van der Waals surface area contributed by atoms with E-state index in [9.17, 15) is 14.0 Å². The van der Waals surface area contributed by atoms with Crippen LogP contribution in [0.25, 0.3) is 0 Å². The van der Waals surface area contributed by atoms with Crippen molar-refractivity contribution >= 4 is 29.1 Å². The van der Waals surface area contributed by atoms with Crippen LogP contribution in [-0.4, -0.2) is 47.9 Å². The van der Waals surface area contributed by atoms with Crippen molar-refractivity contribution in [3.8, 4) is 0 Å². The van der Waals surface area contributed by atoms with Crippen molar-refractivity contribution in [1.82, 2.24) is 15.2 Å². The van der Waals surface area contributed by atoms with Gasteiger partial charge in [-0.25, -0.2) is 4.39 Å². The fourth-order valence-electron chi connectivity index (χ4n) is 5.61. The second-order valence-corrected chi connectivity index (χ2v) is 10.6. The maximum absolute atomic E-state index is 14.5. The number of carbonyl (C=O) groups is 2. The number of piperidine rings is 1. The second kappa shape index (κ2) is 11.1. The summed E-state index contributed by atoms with van der Waals surface area (Å²) in [6.07, 6.45) is 7.85. The van der Waals surface area contributed by atoms with Gasteiger partial charge in [-0.1, -0.05) is 23.7 Å². The molecule has 2 amide bonds. The summed E-state index contributed by atoms with van der Waals surface area (Å²) in [5, 5.41) is 3.11. The van der Waals surface area contributed by atoms with Gasteiger partial charge in [0.05, 0.1) is 16.6 Å². The number of pyridine rings is 1. The van der Waals surface area contributed by atoms with Crippen LogP contribution < -0.4 is 10.2 Å². The van der Waals surface area contributed by atoms with Crippen LogP contribution in [0.2, 0.25) is 5.02 Å². The molecular formula is C30H32ClFN4O2. The van der Waals surface area contributed by atoms with Crippen molar-refractivity contribution < 1.29 is 14.0 Å².